The van der Waals surface area contributed by atoms with Crippen LogP contribution >= 0.6 is 0 Å². The van der Waals surface area contributed by atoms with Gasteiger partial charge in [0.15, 0.2) is 5.78 Å². The van der Waals surface area contributed by atoms with Gasteiger partial charge in [-0.05, 0) is 75.5 Å². The number of carbonyl (C=O) groups is 2. The summed E-state index contributed by atoms with van der Waals surface area (Å²) in [7, 11) is 1.67. The van der Waals surface area contributed by atoms with E-state index in [4.69, 9.17) is 0 Å². The molecule has 0 radical (unpaired) electrons. The standard InChI is InChI=1S/C22H27F3N2O2/c1-27(13-20(29)26-18-5-3-2-4-17(18)22(23,24)25)12-19(28)21-9-14-6-15(10-21)8-16(7-14)11-21/h2-5,14-16H,6-13H2,1H3,(H,26,29). The SMILES string of the molecule is CN(CC(=O)Nc1ccccc1C(F)(F)F)CC(=O)C12CC3CC(CC(C3)C1)C2. The highest BCUT2D eigenvalue weighted by molar-refractivity contribution is 5.94. The lowest BCUT2D eigenvalue weighted by Gasteiger charge is -2.56. The Morgan fingerprint density at radius 3 is 2.14 bits per heavy atom. The Hall–Kier alpha value is -1.89. The summed E-state index contributed by atoms with van der Waals surface area (Å²) in [5.41, 5.74) is -1.37. The summed E-state index contributed by atoms with van der Waals surface area (Å²) < 4.78 is 39.3. The number of Topliss-reactive ketones (excluding diaryl/α,β-unsaturated/α-hetero) is 1. The van der Waals surface area contributed by atoms with Crippen molar-refractivity contribution in [2.45, 2.75) is 44.7 Å². The third-order valence-electron chi connectivity index (χ3n) is 6.96. The number of anilines is 1. The van der Waals surface area contributed by atoms with Gasteiger partial charge < -0.3 is 5.32 Å². The maximum absolute atomic E-state index is 13.1. The van der Waals surface area contributed by atoms with Gasteiger partial charge in [0.1, 0.15) is 0 Å². The van der Waals surface area contributed by atoms with Crippen molar-refractivity contribution < 1.29 is 22.8 Å². The molecule has 4 aliphatic rings. The van der Waals surface area contributed by atoms with Crippen LogP contribution in [0.2, 0.25) is 0 Å². The summed E-state index contributed by atoms with van der Waals surface area (Å²) in [5, 5.41) is 2.34. The number of alkyl halides is 3. The zero-order valence-corrected chi connectivity index (χ0v) is 16.6. The maximum Gasteiger partial charge on any atom is 0.418 e. The van der Waals surface area contributed by atoms with Crippen LogP contribution in [0, 0.1) is 23.2 Å². The van der Waals surface area contributed by atoms with Crippen molar-refractivity contribution in [2.75, 3.05) is 25.5 Å². The number of amides is 1. The van der Waals surface area contributed by atoms with Crippen LogP contribution in [-0.4, -0.2) is 36.7 Å². The van der Waals surface area contributed by atoms with Crippen LogP contribution in [0.3, 0.4) is 0 Å². The molecular weight excluding hydrogens is 381 g/mol. The predicted octanol–water partition coefficient (Wildman–Crippen LogP) is 4.36. The summed E-state index contributed by atoms with van der Waals surface area (Å²) in [6, 6.07) is 4.91. The number of carbonyl (C=O) groups excluding carboxylic acids is 2. The van der Waals surface area contributed by atoms with Gasteiger partial charge >= 0.3 is 6.18 Å². The second-order valence-corrected chi connectivity index (χ2v) is 9.38. The van der Waals surface area contributed by atoms with E-state index in [0.29, 0.717) is 17.8 Å². The highest BCUT2D eigenvalue weighted by Gasteiger charge is 2.54. The highest BCUT2D eigenvalue weighted by Crippen LogP contribution is 2.60. The molecular formula is C22H27F3N2O2. The Bertz CT molecular complexity index is 770. The Morgan fingerprint density at radius 2 is 1.59 bits per heavy atom. The molecule has 1 N–H and O–H groups in total. The highest BCUT2D eigenvalue weighted by atomic mass is 19.4. The normalized spacial score (nSPS) is 30.6. The molecule has 0 spiro atoms. The fourth-order valence-electron chi connectivity index (χ4n) is 6.20. The molecule has 29 heavy (non-hydrogen) atoms. The van der Waals surface area contributed by atoms with E-state index >= 15 is 0 Å². The third kappa shape index (κ3) is 4.20. The average molecular weight is 408 g/mol. The third-order valence-corrected chi connectivity index (χ3v) is 6.96. The van der Waals surface area contributed by atoms with E-state index in [1.165, 1.54) is 37.5 Å². The first-order valence-electron chi connectivity index (χ1n) is 10.3. The molecule has 0 aromatic heterocycles. The van der Waals surface area contributed by atoms with Crippen LogP contribution in [0.4, 0.5) is 18.9 Å². The molecule has 0 heterocycles. The summed E-state index contributed by atoms with van der Waals surface area (Å²) in [6.07, 6.45) is 2.13. The number of halogens is 3. The summed E-state index contributed by atoms with van der Waals surface area (Å²) in [5.74, 6) is 1.64. The van der Waals surface area contributed by atoms with Crippen molar-refractivity contribution in [1.82, 2.24) is 4.90 Å². The minimum atomic E-state index is -4.54. The topological polar surface area (TPSA) is 49.4 Å². The smallest absolute Gasteiger partial charge is 0.324 e. The molecule has 0 atom stereocenters. The lowest BCUT2D eigenvalue weighted by molar-refractivity contribution is -0.144. The van der Waals surface area contributed by atoms with Gasteiger partial charge in [-0.15, -0.1) is 0 Å². The summed E-state index contributed by atoms with van der Waals surface area (Å²) >= 11 is 0. The summed E-state index contributed by atoms with van der Waals surface area (Å²) in [4.78, 5) is 27.0. The van der Waals surface area contributed by atoms with E-state index in [0.717, 1.165) is 25.3 Å². The molecule has 0 aliphatic heterocycles. The Balaban J connectivity index is 1.35. The molecule has 7 heteroatoms. The number of rotatable bonds is 6. The van der Waals surface area contributed by atoms with Gasteiger partial charge in [0.25, 0.3) is 0 Å². The van der Waals surface area contributed by atoms with Crippen molar-refractivity contribution in [2.24, 2.45) is 23.2 Å². The number of nitrogens with zero attached hydrogens (tertiary/aromatic N) is 1. The molecule has 1 aromatic rings. The van der Waals surface area contributed by atoms with Gasteiger partial charge in [0.2, 0.25) is 5.91 Å². The first kappa shape index (κ1) is 20.4. The van der Waals surface area contributed by atoms with Gasteiger partial charge in [0.05, 0.1) is 24.3 Å². The van der Waals surface area contributed by atoms with Gasteiger partial charge in [-0.3, -0.25) is 14.5 Å². The minimum absolute atomic E-state index is 0.121. The number of hydrogen-bond acceptors (Lipinski definition) is 3. The fraction of sp³-hybridized carbons (Fsp3) is 0.636. The van der Waals surface area contributed by atoms with Gasteiger partial charge in [-0.25, -0.2) is 0 Å². The number of benzene rings is 1. The van der Waals surface area contributed by atoms with E-state index in [-0.39, 0.29) is 30.0 Å². The van der Waals surface area contributed by atoms with Crippen LogP contribution in [0.25, 0.3) is 0 Å². The van der Waals surface area contributed by atoms with Crippen molar-refractivity contribution in [1.29, 1.82) is 0 Å². The molecule has 0 saturated heterocycles. The zero-order chi connectivity index (χ0) is 20.8. The predicted molar refractivity (Wildman–Crippen MR) is 103 cm³/mol. The first-order chi connectivity index (χ1) is 13.6. The van der Waals surface area contributed by atoms with Crippen LogP contribution in [0.5, 0.6) is 0 Å². The Labute approximate surface area is 168 Å². The van der Waals surface area contributed by atoms with Crippen LogP contribution < -0.4 is 5.32 Å². The van der Waals surface area contributed by atoms with Crippen molar-refractivity contribution >= 4 is 17.4 Å². The first-order valence-corrected chi connectivity index (χ1v) is 10.3. The second kappa shape index (κ2) is 7.42. The minimum Gasteiger partial charge on any atom is -0.324 e. The van der Waals surface area contributed by atoms with Crippen molar-refractivity contribution in [3.8, 4) is 0 Å². The summed E-state index contributed by atoms with van der Waals surface area (Å²) in [6.45, 7) is 0.0464. The lowest BCUT2D eigenvalue weighted by Crippen LogP contribution is -2.52. The number of para-hydroxylation sites is 1. The molecule has 1 amide bonds. The van der Waals surface area contributed by atoms with E-state index in [1.807, 2.05) is 0 Å². The molecule has 4 saturated carbocycles. The van der Waals surface area contributed by atoms with Crippen LogP contribution in [0.1, 0.15) is 44.1 Å². The molecule has 158 valence electrons. The largest absolute Gasteiger partial charge is 0.418 e. The van der Waals surface area contributed by atoms with Crippen molar-refractivity contribution in [3.63, 3.8) is 0 Å². The number of nitrogens with one attached hydrogen (secondary N) is 1. The van der Waals surface area contributed by atoms with Crippen molar-refractivity contribution in [3.05, 3.63) is 29.8 Å². The van der Waals surface area contributed by atoms with Gasteiger partial charge in [-0.2, -0.15) is 13.2 Å². The molecule has 0 unspecified atom stereocenters. The fourth-order valence-corrected chi connectivity index (χ4v) is 6.20. The van der Waals surface area contributed by atoms with E-state index in [2.05, 4.69) is 5.32 Å². The maximum atomic E-state index is 13.1. The molecule has 5 rings (SSSR count). The Kier molecular flexibility index (Phi) is 5.21. The number of hydrogen-bond donors (Lipinski definition) is 1. The monoisotopic (exact) mass is 408 g/mol. The molecule has 4 nitrogen and oxygen atoms in total. The van der Waals surface area contributed by atoms with Crippen LogP contribution in [-0.2, 0) is 15.8 Å². The average Bonchev–Trinajstić information content (AvgIpc) is 2.59. The van der Waals surface area contributed by atoms with Gasteiger partial charge in [-0.1, -0.05) is 12.1 Å². The van der Waals surface area contributed by atoms with Gasteiger partial charge in [0, 0.05) is 5.41 Å². The molecule has 4 fully saturated rings. The molecule has 4 aliphatic carbocycles. The Morgan fingerprint density at radius 1 is 1.03 bits per heavy atom. The van der Waals surface area contributed by atoms with Crippen LogP contribution in [0.15, 0.2) is 24.3 Å². The van der Waals surface area contributed by atoms with E-state index < -0.39 is 17.6 Å². The number of ketones is 1. The van der Waals surface area contributed by atoms with E-state index in [9.17, 15) is 22.8 Å². The molecule has 1 aromatic carbocycles. The number of likely N-dealkylation sites (N-methyl/N-ethyl adjacent to an activating group) is 1. The molecule has 4 bridgehead atoms. The second-order valence-electron chi connectivity index (χ2n) is 9.38. The van der Waals surface area contributed by atoms with E-state index in [1.54, 1.807) is 11.9 Å². The zero-order valence-electron chi connectivity index (χ0n) is 16.6. The quantitative estimate of drug-likeness (QED) is 0.761. The lowest BCUT2D eigenvalue weighted by atomic mass is 9.48.